The topological polar surface area (TPSA) is 74.6 Å². The van der Waals surface area contributed by atoms with Gasteiger partial charge < -0.3 is 14.4 Å². The Morgan fingerprint density at radius 1 is 1.11 bits per heavy atom. The Morgan fingerprint density at radius 3 is 2.30 bits per heavy atom. The number of hydrogen-bond donors (Lipinski definition) is 1. The minimum absolute atomic E-state index is 0.0861. The highest BCUT2D eigenvalue weighted by Crippen LogP contribution is 2.25. The summed E-state index contributed by atoms with van der Waals surface area (Å²) in [5, 5.41) is 10.4. The van der Waals surface area contributed by atoms with Crippen LogP contribution >= 0.6 is 0 Å². The van der Waals surface area contributed by atoms with E-state index in [9.17, 15) is 14.7 Å². The maximum absolute atomic E-state index is 13.2. The van der Waals surface area contributed by atoms with Crippen LogP contribution in [0.5, 0.6) is 5.75 Å². The molecule has 138 valence electrons. The summed E-state index contributed by atoms with van der Waals surface area (Å²) in [5.74, 6) is -0.299. The van der Waals surface area contributed by atoms with Crippen LogP contribution in [0.4, 0.5) is 5.69 Å². The molecule has 0 amide bonds. The maximum Gasteiger partial charge on any atom is 0.350 e. The zero-order valence-corrected chi connectivity index (χ0v) is 15.4. The van der Waals surface area contributed by atoms with Crippen LogP contribution in [0, 0.1) is 6.92 Å². The highest BCUT2D eigenvalue weighted by Gasteiger charge is 2.36. The van der Waals surface area contributed by atoms with E-state index in [-0.39, 0.29) is 22.9 Å². The van der Waals surface area contributed by atoms with Gasteiger partial charge in [-0.15, -0.1) is 0 Å². The lowest BCUT2D eigenvalue weighted by Gasteiger charge is -2.15. The van der Waals surface area contributed by atoms with E-state index in [4.69, 9.17) is 4.42 Å². The second-order valence-corrected chi connectivity index (χ2v) is 6.47. The fourth-order valence-electron chi connectivity index (χ4n) is 2.93. The van der Waals surface area contributed by atoms with Crippen LogP contribution in [0.25, 0.3) is 0 Å². The third-order valence-corrected chi connectivity index (χ3v) is 4.32. The molecule has 6 heteroatoms. The van der Waals surface area contributed by atoms with Crippen molar-refractivity contribution in [2.24, 2.45) is 0 Å². The molecule has 0 aliphatic heterocycles. The molecule has 0 saturated carbocycles. The van der Waals surface area contributed by atoms with Crippen molar-refractivity contribution in [3.63, 3.8) is 0 Å². The number of aromatic hydroxyl groups is 1. The van der Waals surface area contributed by atoms with Gasteiger partial charge in [-0.2, -0.15) is 4.57 Å². The fourth-order valence-corrected chi connectivity index (χ4v) is 2.93. The first-order valence-electron chi connectivity index (χ1n) is 8.49. The monoisotopic (exact) mass is 365 g/mol. The smallest absolute Gasteiger partial charge is 0.350 e. The lowest BCUT2D eigenvalue weighted by molar-refractivity contribution is -0.699. The van der Waals surface area contributed by atoms with Gasteiger partial charge in [0.2, 0.25) is 5.78 Å². The Balaban J connectivity index is 2.18. The van der Waals surface area contributed by atoms with Crippen LogP contribution in [-0.4, -0.2) is 25.0 Å². The predicted octanol–water partition coefficient (Wildman–Crippen LogP) is 2.48. The molecule has 6 nitrogen and oxygen atoms in total. The summed E-state index contributed by atoms with van der Waals surface area (Å²) in [5.41, 5.74) is 0.561. The second kappa shape index (κ2) is 7.45. The number of hydrogen-bond acceptors (Lipinski definition) is 5. The predicted molar refractivity (Wildman–Crippen MR) is 101 cm³/mol. The SMILES string of the molecule is Cc1cc(O)c(C(C(=O)c2ccccc2)[n+]2ccc(N(C)C)cc2)c(=O)o1. The van der Waals surface area contributed by atoms with Crippen LogP contribution in [0.3, 0.4) is 0 Å². The van der Waals surface area contributed by atoms with Gasteiger partial charge in [0.15, 0.2) is 18.0 Å². The quantitative estimate of drug-likeness (QED) is 0.555. The van der Waals surface area contributed by atoms with E-state index < -0.39 is 11.7 Å². The number of benzene rings is 1. The van der Waals surface area contributed by atoms with E-state index in [1.54, 1.807) is 48.1 Å². The molecular weight excluding hydrogens is 344 g/mol. The average Bonchev–Trinajstić information content (AvgIpc) is 2.65. The van der Waals surface area contributed by atoms with Crippen molar-refractivity contribution in [2.45, 2.75) is 13.0 Å². The van der Waals surface area contributed by atoms with Gasteiger partial charge in [-0.25, -0.2) is 4.79 Å². The van der Waals surface area contributed by atoms with Gasteiger partial charge in [-0.3, -0.25) is 4.79 Å². The Morgan fingerprint density at radius 2 is 1.74 bits per heavy atom. The van der Waals surface area contributed by atoms with E-state index in [0.29, 0.717) is 5.56 Å². The van der Waals surface area contributed by atoms with E-state index in [1.165, 1.54) is 6.07 Å². The normalized spacial score (nSPS) is 11.8. The summed E-state index contributed by atoms with van der Waals surface area (Å²) in [6, 6.07) is 12.6. The molecule has 0 radical (unpaired) electrons. The summed E-state index contributed by atoms with van der Waals surface area (Å²) < 4.78 is 6.75. The number of rotatable bonds is 5. The molecule has 0 aliphatic rings. The van der Waals surface area contributed by atoms with Crippen molar-refractivity contribution < 1.29 is 18.9 Å². The maximum atomic E-state index is 13.2. The first kappa shape index (κ1) is 18.4. The molecule has 0 aliphatic carbocycles. The number of anilines is 1. The first-order valence-corrected chi connectivity index (χ1v) is 8.49. The zero-order valence-electron chi connectivity index (χ0n) is 15.4. The lowest BCUT2D eigenvalue weighted by atomic mass is 9.97. The Hall–Kier alpha value is -3.41. The number of aryl methyl sites for hydroxylation is 1. The van der Waals surface area contributed by atoms with Crippen molar-refractivity contribution in [1.82, 2.24) is 0 Å². The largest absolute Gasteiger partial charge is 0.507 e. The molecule has 0 bridgehead atoms. The summed E-state index contributed by atoms with van der Waals surface area (Å²) in [4.78, 5) is 27.6. The average molecular weight is 365 g/mol. The summed E-state index contributed by atoms with van der Waals surface area (Å²) in [6.07, 6.45) is 3.42. The minimum atomic E-state index is -1.04. The highest BCUT2D eigenvalue weighted by molar-refractivity contribution is 6.00. The molecule has 27 heavy (non-hydrogen) atoms. The van der Waals surface area contributed by atoms with Crippen LogP contribution in [0.1, 0.15) is 27.7 Å². The molecule has 1 N–H and O–H groups in total. The van der Waals surface area contributed by atoms with E-state index >= 15 is 0 Å². The number of carbonyl (C=O) groups is 1. The number of ketones is 1. The van der Waals surface area contributed by atoms with Crippen LogP contribution in [0.2, 0.25) is 0 Å². The fraction of sp³-hybridized carbons (Fsp3) is 0.190. The van der Waals surface area contributed by atoms with Gasteiger partial charge in [-0.05, 0) is 6.92 Å². The molecule has 0 spiro atoms. The summed E-state index contributed by atoms with van der Waals surface area (Å²) >= 11 is 0. The molecule has 1 atom stereocenters. The van der Waals surface area contributed by atoms with Crippen molar-refractivity contribution in [3.05, 3.63) is 88.2 Å². The number of Topliss-reactive ketones (excluding diaryl/α,β-unsaturated/α-hetero) is 1. The molecule has 1 unspecified atom stereocenters. The van der Waals surface area contributed by atoms with E-state index in [0.717, 1.165) is 5.69 Å². The Kier molecular flexibility index (Phi) is 5.07. The number of nitrogens with zero attached hydrogens (tertiary/aromatic N) is 2. The van der Waals surface area contributed by atoms with Gasteiger partial charge in [0.1, 0.15) is 11.5 Å². The molecule has 2 heterocycles. The molecule has 2 aromatic heterocycles. The van der Waals surface area contributed by atoms with Gasteiger partial charge in [-0.1, -0.05) is 30.3 Å². The van der Waals surface area contributed by atoms with E-state index in [2.05, 4.69) is 0 Å². The summed E-state index contributed by atoms with van der Waals surface area (Å²) in [6.45, 7) is 1.57. The number of aromatic nitrogens is 1. The number of pyridine rings is 1. The van der Waals surface area contributed by atoms with Crippen LogP contribution < -0.4 is 15.1 Å². The third-order valence-electron chi connectivity index (χ3n) is 4.32. The van der Waals surface area contributed by atoms with Gasteiger partial charge in [0, 0.05) is 43.5 Å². The number of carbonyl (C=O) groups excluding carboxylic acids is 1. The van der Waals surface area contributed by atoms with Crippen molar-refractivity contribution in [2.75, 3.05) is 19.0 Å². The van der Waals surface area contributed by atoms with Crippen molar-refractivity contribution >= 4 is 11.5 Å². The van der Waals surface area contributed by atoms with Gasteiger partial charge >= 0.3 is 5.63 Å². The molecule has 3 aromatic rings. The molecule has 1 aromatic carbocycles. The molecule has 0 saturated heterocycles. The highest BCUT2D eigenvalue weighted by atomic mass is 16.4. The van der Waals surface area contributed by atoms with Crippen LogP contribution in [-0.2, 0) is 0 Å². The molecule has 3 rings (SSSR count). The first-order chi connectivity index (χ1) is 12.9. The van der Waals surface area contributed by atoms with Crippen molar-refractivity contribution in [3.8, 4) is 5.75 Å². The minimum Gasteiger partial charge on any atom is -0.507 e. The second-order valence-electron chi connectivity index (χ2n) is 6.47. The van der Waals surface area contributed by atoms with Gasteiger partial charge in [0.25, 0.3) is 6.04 Å². The third kappa shape index (κ3) is 3.74. The molecular formula is C21H21N2O4+. The van der Waals surface area contributed by atoms with Crippen LogP contribution in [0.15, 0.2) is 70.1 Å². The zero-order chi connectivity index (χ0) is 19.6. The van der Waals surface area contributed by atoms with Gasteiger partial charge in [0.05, 0.1) is 0 Å². The standard InChI is InChI=1S/C21H20N2O4/c1-14-13-17(24)18(21(26)27-14)19(20(25)15-7-5-4-6-8-15)23-11-9-16(10-12-23)22(2)3/h4-13,19H,1-3H3/p+1. The summed E-state index contributed by atoms with van der Waals surface area (Å²) in [7, 11) is 3.82. The Bertz CT molecular complexity index is 1010. The Labute approximate surface area is 156 Å². The van der Waals surface area contributed by atoms with Crippen molar-refractivity contribution in [1.29, 1.82) is 0 Å². The van der Waals surface area contributed by atoms with E-state index in [1.807, 2.05) is 37.2 Å². The lowest BCUT2D eigenvalue weighted by Crippen LogP contribution is -2.46. The molecule has 0 fully saturated rings.